The molecule has 1 amide bonds. The number of carbonyl (C=O) groups is 1. The van der Waals surface area contributed by atoms with Gasteiger partial charge in [0.15, 0.2) is 0 Å². The standard InChI is InChI=1S/C12H13ClN2O4/c13-9-4-8(5-11(6-9)15(18)19)12(17)14-3-1-2-10(14)7-16/h4-6,10,16H,1-3,7H2. The molecule has 0 spiro atoms. The number of nitro benzene ring substituents is 1. The van der Waals surface area contributed by atoms with E-state index in [9.17, 15) is 20.0 Å². The van der Waals surface area contributed by atoms with Crippen LogP contribution in [0.4, 0.5) is 5.69 Å². The van der Waals surface area contributed by atoms with Gasteiger partial charge >= 0.3 is 0 Å². The SMILES string of the molecule is O=C(c1cc(Cl)cc([N+](=O)[O-])c1)N1CCCC1CO. The van der Waals surface area contributed by atoms with Crippen molar-refractivity contribution in [2.75, 3.05) is 13.2 Å². The Kier molecular flexibility index (Phi) is 4.01. The molecule has 0 aromatic heterocycles. The first-order chi connectivity index (χ1) is 9.02. The minimum Gasteiger partial charge on any atom is -0.394 e. The van der Waals surface area contributed by atoms with E-state index in [1.54, 1.807) is 0 Å². The minimum absolute atomic E-state index is 0.103. The molecule has 19 heavy (non-hydrogen) atoms. The Morgan fingerprint density at radius 3 is 2.89 bits per heavy atom. The lowest BCUT2D eigenvalue weighted by atomic mass is 10.1. The van der Waals surface area contributed by atoms with Crippen molar-refractivity contribution in [2.45, 2.75) is 18.9 Å². The van der Waals surface area contributed by atoms with Crippen LogP contribution in [0.1, 0.15) is 23.2 Å². The summed E-state index contributed by atoms with van der Waals surface area (Å²) < 4.78 is 0. The number of hydrogen-bond acceptors (Lipinski definition) is 4. The molecule has 1 aliphatic heterocycles. The van der Waals surface area contributed by atoms with E-state index in [4.69, 9.17) is 11.6 Å². The molecular formula is C12H13ClN2O4. The van der Waals surface area contributed by atoms with Gasteiger partial charge in [0.05, 0.1) is 17.6 Å². The Balaban J connectivity index is 2.30. The molecule has 1 unspecified atom stereocenters. The third-order valence-electron chi connectivity index (χ3n) is 3.19. The maximum absolute atomic E-state index is 12.3. The number of aliphatic hydroxyl groups is 1. The van der Waals surface area contributed by atoms with Gasteiger partial charge in [-0.1, -0.05) is 11.6 Å². The summed E-state index contributed by atoms with van der Waals surface area (Å²) in [5.74, 6) is -0.331. The number of rotatable bonds is 3. The molecule has 0 bridgehead atoms. The van der Waals surface area contributed by atoms with Crippen LogP contribution in [0.15, 0.2) is 18.2 Å². The maximum atomic E-state index is 12.3. The molecule has 0 aliphatic carbocycles. The van der Waals surface area contributed by atoms with Gasteiger partial charge in [0, 0.05) is 29.3 Å². The topological polar surface area (TPSA) is 83.7 Å². The van der Waals surface area contributed by atoms with Gasteiger partial charge in [-0.25, -0.2) is 0 Å². The Morgan fingerprint density at radius 1 is 1.53 bits per heavy atom. The van der Waals surface area contributed by atoms with Gasteiger partial charge in [-0.3, -0.25) is 14.9 Å². The van der Waals surface area contributed by atoms with Crippen LogP contribution < -0.4 is 0 Å². The fraction of sp³-hybridized carbons (Fsp3) is 0.417. The molecule has 1 saturated heterocycles. The first-order valence-corrected chi connectivity index (χ1v) is 6.27. The summed E-state index contributed by atoms with van der Waals surface area (Å²) in [6.07, 6.45) is 1.56. The number of non-ortho nitro benzene ring substituents is 1. The van der Waals surface area contributed by atoms with E-state index in [1.807, 2.05) is 0 Å². The van der Waals surface area contributed by atoms with Crippen molar-refractivity contribution in [2.24, 2.45) is 0 Å². The van der Waals surface area contributed by atoms with E-state index in [0.717, 1.165) is 12.8 Å². The number of nitro groups is 1. The van der Waals surface area contributed by atoms with Crippen LogP contribution in [0.3, 0.4) is 0 Å². The average Bonchev–Trinajstić information content (AvgIpc) is 2.85. The van der Waals surface area contributed by atoms with E-state index in [2.05, 4.69) is 0 Å². The number of hydrogen-bond donors (Lipinski definition) is 1. The number of carbonyl (C=O) groups excluding carboxylic acids is 1. The molecule has 102 valence electrons. The van der Waals surface area contributed by atoms with E-state index in [1.165, 1.54) is 23.1 Å². The zero-order valence-corrected chi connectivity index (χ0v) is 10.8. The third kappa shape index (κ3) is 2.85. The third-order valence-corrected chi connectivity index (χ3v) is 3.41. The average molecular weight is 285 g/mol. The number of aliphatic hydroxyl groups excluding tert-OH is 1. The summed E-state index contributed by atoms with van der Waals surface area (Å²) in [6.45, 7) is 0.443. The van der Waals surface area contributed by atoms with Crippen molar-refractivity contribution in [3.8, 4) is 0 Å². The molecule has 0 saturated carbocycles. The predicted octanol–water partition coefficient (Wildman–Crippen LogP) is 1.85. The number of amides is 1. The molecule has 1 fully saturated rings. The molecule has 1 atom stereocenters. The highest BCUT2D eigenvalue weighted by Gasteiger charge is 2.29. The molecule has 0 radical (unpaired) electrons. The van der Waals surface area contributed by atoms with Crippen LogP contribution in [0.2, 0.25) is 5.02 Å². The second-order valence-electron chi connectivity index (χ2n) is 4.43. The van der Waals surface area contributed by atoms with E-state index < -0.39 is 4.92 Å². The molecule has 1 aromatic rings. The number of nitrogens with zero attached hydrogens (tertiary/aromatic N) is 2. The second kappa shape index (κ2) is 5.54. The van der Waals surface area contributed by atoms with E-state index in [-0.39, 0.29) is 34.8 Å². The molecule has 7 heteroatoms. The van der Waals surface area contributed by atoms with Crippen molar-refractivity contribution in [1.82, 2.24) is 4.90 Å². The Bertz CT molecular complexity index is 520. The summed E-state index contributed by atoms with van der Waals surface area (Å²) in [7, 11) is 0. The summed E-state index contributed by atoms with van der Waals surface area (Å²) in [4.78, 5) is 24.0. The smallest absolute Gasteiger partial charge is 0.271 e. The Labute approximate surface area is 114 Å². The van der Waals surface area contributed by atoms with Gasteiger partial charge in [0.25, 0.3) is 11.6 Å². The molecule has 2 rings (SSSR count). The summed E-state index contributed by atoms with van der Waals surface area (Å²) in [5, 5.41) is 20.1. The maximum Gasteiger partial charge on any atom is 0.271 e. The monoisotopic (exact) mass is 284 g/mol. The highest BCUT2D eigenvalue weighted by atomic mass is 35.5. The van der Waals surface area contributed by atoms with Crippen molar-refractivity contribution < 1.29 is 14.8 Å². The Hall–Kier alpha value is -1.66. The largest absolute Gasteiger partial charge is 0.394 e. The highest BCUT2D eigenvalue weighted by Crippen LogP contribution is 2.25. The van der Waals surface area contributed by atoms with Crippen LogP contribution in [-0.4, -0.2) is 40.0 Å². The zero-order valence-electron chi connectivity index (χ0n) is 10.1. The van der Waals surface area contributed by atoms with Crippen LogP contribution in [-0.2, 0) is 0 Å². The summed E-state index contributed by atoms with van der Waals surface area (Å²) >= 11 is 5.79. The van der Waals surface area contributed by atoms with Crippen LogP contribution in [0, 0.1) is 10.1 Å². The van der Waals surface area contributed by atoms with E-state index in [0.29, 0.717) is 6.54 Å². The van der Waals surface area contributed by atoms with Gasteiger partial charge in [-0.15, -0.1) is 0 Å². The van der Waals surface area contributed by atoms with Crippen molar-refractivity contribution >= 4 is 23.2 Å². The molecule has 1 N–H and O–H groups in total. The Morgan fingerprint density at radius 2 is 2.26 bits per heavy atom. The highest BCUT2D eigenvalue weighted by molar-refractivity contribution is 6.31. The zero-order chi connectivity index (χ0) is 14.0. The van der Waals surface area contributed by atoms with Crippen molar-refractivity contribution in [3.63, 3.8) is 0 Å². The second-order valence-corrected chi connectivity index (χ2v) is 4.87. The lowest BCUT2D eigenvalue weighted by Gasteiger charge is -2.23. The van der Waals surface area contributed by atoms with Gasteiger partial charge in [-0.05, 0) is 18.9 Å². The lowest BCUT2D eigenvalue weighted by molar-refractivity contribution is -0.384. The first kappa shape index (κ1) is 13.8. The van der Waals surface area contributed by atoms with Crippen LogP contribution in [0.5, 0.6) is 0 Å². The van der Waals surface area contributed by atoms with Gasteiger partial charge < -0.3 is 10.0 Å². The van der Waals surface area contributed by atoms with Crippen LogP contribution in [0.25, 0.3) is 0 Å². The van der Waals surface area contributed by atoms with Crippen LogP contribution >= 0.6 is 11.6 Å². The lowest BCUT2D eigenvalue weighted by Crippen LogP contribution is -2.37. The molecule has 1 heterocycles. The van der Waals surface area contributed by atoms with Gasteiger partial charge in [0.1, 0.15) is 0 Å². The molecule has 1 aromatic carbocycles. The van der Waals surface area contributed by atoms with Gasteiger partial charge in [0.2, 0.25) is 0 Å². The quantitative estimate of drug-likeness (QED) is 0.678. The number of benzene rings is 1. The van der Waals surface area contributed by atoms with Gasteiger partial charge in [-0.2, -0.15) is 0 Å². The van der Waals surface area contributed by atoms with Crippen molar-refractivity contribution in [3.05, 3.63) is 38.9 Å². The fourth-order valence-electron chi connectivity index (χ4n) is 2.26. The van der Waals surface area contributed by atoms with E-state index >= 15 is 0 Å². The fourth-order valence-corrected chi connectivity index (χ4v) is 2.49. The molecule has 1 aliphatic rings. The number of likely N-dealkylation sites (tertiary alicyclic amines) is 1. The van der Waals surface area contributed by atoms with Crippen molar-refractivity contribution in [1.29, 1.82) is 0 Å². The normalized spacial score (nSPS) is 18.6. The summed E-state index contributed by atoms with van der Waals surface area (Å²) in [6, 6.07) is 3.60. The minimum atomic E-state index is -0.587. The predicted molar refractivity (Wildman–Crippen MR) is 69.3 cm³/mol. The molecule has 6 nitrogen and oxygen atoms in total. The number of halogens is 1. The molecular weight excluding hydrogens is 272 g/mol. The summed E-state index contributed by atoms with van der Waals surface area (Å²) in [5.41, 5.74) is -0.0323. The first-order valence-electron chi connectivity index (χ1n) is 5.89.